The van der Waals surface area contributed by atoms with Crippen LogP contribution in [0.5, 0.6) is 0 Å². The van der Waals surface area contributed by atoms with Gasteiger partial charge in [0.2, 0.25) is 5.91 Å². The quantitative estimate of drug-likeness (QED) is 0.833. The molecule has 23 heavy (non-hydrogen) atoms. The lowest BCUT2D eigenvalue weighted by atomic mass is 10.2. The molecule has 0 saturated carbocycles. The summed E-state index contributed by atoms with van der Waals surface area (Å²) in [6, 6.07) is 4.81. The smallest absolute Gasteiger partial charge is 0.246 e. The number of amides is 1. The molecule has 5 nitrogen and oxygen atoms in total. The van der Waals surface area contributed by atoms with Crippen molar-refractivity contribution in [2.75, 3.05) is 13.1 Å². The van der Waals surface area contributed by atoms with Gasteiger partial charge in [-0.2, -0.15) is 5.10 Å². The van der Waals surface area contributed by atoms with E-state index < -0.39 is 5.82 Å². The Kier molecular flexibility index (Phi) is 4.58. The SMILES string of the molecule is NC1CCN(C(=O)C=Cc2ccc(-n3cc(Br)cn3)c(F)c2)C1. The lowest BCUT2D eigenvalue weighted by Crippen LogP contribution is -2.30. The molecule has 1 aromatic carbocycles. The Morgan fingerprint density at radius 3 is 2.91 bits per heavy atom. The van der Waals surface area contributed by atoms with Crippen molar-refractivity contribution in [2.45, 2.75) is 12.5 Å². The van der Waals surface area contributed by atoms with E-state index >= 15 is 0 Å². The highest BCUT2D eigenvalue weighted by Gasteiger charge is 2.21. The summed E-state index contributed by atoms with van der Waals surface area (Å²) in [6.45, 7) is 1.25. The zero-order valence-electron chi connectivity index (χ0n) is 12.3. The van der Waals surface area contributed by atoms with Gasteiger partial charge in [-0.25, -0.2) is 9.07 Å². The van der Waals surface area contributed by atoms with E-state index in [1.54, 1.807) is 35.5 Å². The van der Waals surface area contributed by atoms with Gasteiger partial charge in [0, 0.05) is 31.4 Å². The molecule has 2 heterocycles. The van der Waals surface area contributed by atoms with E-state index in [0.717, 1.165) is 10.9 Å². The highest BCUT2D eigenvalue weighted by atomic mass is 79.9. The molecule has 1 aromatic heterocycles. The number of halogens is 2. The first-order valence-corrected chi connectivity index (χ1v) is 8.05. The Bertz CT molecular complexity index is 758. The highest BCUT2D eigenvalue weighted by molar-refractivity contribution is 9.10. The molecule has 7 heteroatoms. The predicted molar refractivity (Wildman–Crippen MR) is 89.4 cm³/mol. The van der Waals surface area contributed by atoms with E-state index in [9.17, 15) is 9.18 Å². The Balaban J connectivity index is 1.73. The number of carbonyl (C=O) groups is 1. The molecule has 0 spiro atoms. The van der Waals surface area contributed by atoms with Gasteiger partial charge in [-0.05, 0) is 46.1 Å². The second kappa shape index (κ2) is 6.64. The maximum atomic E-state index is 14.2. The van der Waals surface area contributed by atoms with Crippen molar-refractivity contribution in [1.82, 2.24) is 14.7 Å². The maximum absolute atomic E-state index is 14.2. The van der Waals surface area contributed by atoms with Crippen molar-refractivity contribution in [2.24, 2.45) is 5.73 Å². The summed E-state index contributed by atoms with van der Waals surface area (Å²) in [5, 5.41) is 4.05. The number of hydrogen-bond donors (Lipinski definition) is 1. The molecule has 0 bridgehead atoms. The van der Waals surface area contributed by atoms with Gasteiger partial charge < -0.3 is 10.6 Å². The number of benzene rings is 1. The molecule has 3 rings (SSSR count). The monoisotopic (exact) mass is 378 g/mol. The number of nitrogens with two attached hydrogens (primary N) is 1. The first-order chi connectivity index (χ1) is 11.0. The van der Waals surface area contributed by atoms with E-state index in [2.05, 4.69) is 21.0 Å². The van der Waals surface area contributed by atoms with E-state index in [4.69, 9.17) is 5.73 Å². The van der Waals surface area contributed by atoms with Gasteiger partial charge in [-0.15, -0.1) is 0 Å². The Morgan fingerprint density at radius 2 is 2.30 bits per heavy atom. The van der Waals surface area contributed by atoms with Crippen LogP contribution in [0.15, 0.2) is 41.1 Å². The van der Waals surface area contributed by atoms with Gasteiger partial charge in [0.1, 0.15) is 11.5 Å². The second-order valence-corrected chi connectivity index (χ2v) is 6.40. The Hall–Kier alpha value is -1.99. The summed E-state index contributed by atoms with van der Waals surface area (Å²) in [5.41, 5.74) is 6.76. The molecular formula is C16H16BrFN4O. The van der Waals surface area contributed by atoms with Crippen LogP contribution in [0.4, 0.5) is 4.39 Å². The van der Waals surface area contributed by atoms with Crippen LogP contribution in [-0.4, -0.2) is 39.7 Å². The number of rotatable bonds is 3. The molecule has 1 aliphatic rings. The largest absolute Gasteiger partial charge is 0.338 e. The fourth-order valence-electron chi connectivity index (χ4n) is 2.51. The van der Waals surface area contributed by atoms with Crippen LogP contribution in [0.3, 0.4) is 0 Å². The van der Waals surface area contributed by atoms with Gasteiger partial charge in [-0.3, -0.25) is 4.79 Å². The third-order valence-corrected chi connectivity index (χ3v) is 4.13. The minimum Gasteiger partial charge on any atom is -0.338 e. The van der Waals surface area contributed by atoms with Crippen LogP contribution in [-0.2, 0) is 4.79 Å². The van der Waals surface area contributed by atoms with E-state index in [-0.39, 0.29) is 11.9 Å². The van der Waals surface area contributed by atoms with Crippen LogP contribution in [0.2, 0.25) is 0 Å². The summed E-state index contributed by atoms with van der Waals surface area (Å²) >= 11 is 3.28. The molecule has 1 amide bonds. The maximum Gasteiger partial charge on any atom is 0.246 e. The van der Waals surface area contributed by atoms with Crippen molar-refractivity contribution in [1.29, 1.82) is 0 Å². The zero-order valence-corrected chi connectivity index (χ0v) is 13.9. The van der Waals surface area contributed by atoms with Gasteiger partial charge in [0.05, 0.1) is 10.7 Å². The fraction of sp³-hybridized carbons (Fsp3) is 0.250. The Labute approximate surface area is 141 Å². The molecule has 1 aliphatic heterocycles. The standard InChI is InChI=1S/C16H16BrFN4O/c17-12-8-20-22(9-12)15-3-1-11(7-14(15)18)2-4-16(23)21-6-5-13(19)10-21/h1-4,7-9,13H,5-6,10,19H2. The van der Waals surface area contributed by atoms with Gasteiger partial charge in [0.25, 0.3) is 0 Å². The summed E-state index contributed by atoms with van der Waals surface area (Å²) in [5.74, 6) is -0.503. The number of aromatic nitrogens is 2. The number of likely N-dealkylation sites (tertiary alicyclic amines) is 1. The predicted octanol–water partition coefficient (Wildman–Crippen LogP) is 2.35. The molecular weight excluding hydrogens is 363 g/mol. The van der Waals surface area contributed by atoms with Crippen molar-refractivity contribution in [3.63, 3.8) is 0 Å². The summed E-state index contributed by atoms with van der Waals surface area (Å²) in [6.07, 6.45) is 7.15. The second-order valence-electron chi connectivity index (χ2n) is 5.48. The zero-order chi connectivity index (χ0) is 16.4. The van der Waals surface area contributed by atoms with Crippen LogP contribution in [0, 0.1) is 5.82 Å². The van der Waals surface area contributed by atoms with Crippen molar-refractivity contribution in [3.8, 4) is 5.69 Å². The van der Waals surface area contributed by atoms with Crippen molar-refractivity contribution >= 4 is 27.9 Å². The molecule has 2 N–H and O–H groups in total. The molecule has 1 fully saturated rings. The molecule has 120 valence electrons. The first kappa shape index (κ1) is 15.9. The molecule has 1 saturated heterocycles. The average Bonchev–Trinajstić information content (AvgIpc) is 3.13. The van der Waals surface area contributed by atoms with Crippen LogP contribution in [0.1, 0.15) is 12.0 Å². The minimum absolute atomic E-state index is 0.0532. The third kappa shape index (κ3) is 3.68. The number of nitrogens with zero attached hydrogens (tertiary/aromatic N) is 3. The lowest BCUT2D eigenvalue weighted by Gasteiger charge is -2.12. The van der Waals surface area contributed by atoms with Crippen LogP contribution < -0.4 is 5.73 Å². The topological polar surface area (TPSA) is 64.2 Å². The molecule has 1 unspecified atom stereocenters. The summed E-state index contributed by atoms with van der Waals surface area (Å²) in [4.78, 5) is 13.7. The van der Waals surface area contributed by atoms with Gasteiger partial charge in [0.15, 0.2) is 0 Å². The summed E-state index contributed by atoms with van der Waals surface area (Å²) < 4.78 is 16.4. The first-order valence-electron chi connectivity index (χ1n) is 7.25. The fourth-order valence-corrected chi connectivity index (χ4v) is 2.79. The molecule has 2 aromatic rings. The van der Waals surface area contributed by atoms with Crippen molar-refractivity contribution in [3.05, 3.63) is 52.5 Å². The van der Waals surface area contributed by atoms with Gasteiger partial charge >= 0.3 is 0 Å². The van der Waals surface area contributed by atoms with Crippen LogP contribution >= 0.6 is 15.9 Å². The highest BCUT2D eigenvalue weighted by Crippen LogP contribution is 2.18. The summed E-state index contributed by atoms with van der Waals surface area (Å²) in [7, 11) is 0. The van der Waals surface area contributed by atoms with Gasteiger partial charge in [-0.1, -0.05) is 6.07 Å². The normalized spacial score (nSPS) is 18.0. The van der Waals surface area contributed by atoms with E-state index in [0.29, 0.717) is 24.3 Å². The van der Waals surface area contributed by atoms with Crippen LogP contribution in [0.25, 0.3) is 11.8 Å². The van der Waals surface area contributed by atoms with Crippen molar-refractivity contribution < 1.29 is 9.18 Å². The van der Waals surface area contributed by atoms with E-state index in [1.165, 1.54) is 16.8 Å². The Morgan fingerprint density at radius 1 is 1.48 bits per heavy atom. The number of carbonyl (C=O) groups excluding carboxylic acids is 1. The average molecular weight is 379 g/mol. The lowest BCUT2D eigenvalue weighted by molar-refractivity contribution is -0.124. The molecule has 0 aliphatic carbocycles. The number of hydrogen-bond acceptors (Lipinski definition) is 3. The molecule has 1 atom stereocenters. The third-order valence-electron chi connectivity index (χ3n) is 3.72. The minimum atomic E-state index is -0.404. The van der Waals surface area contributed by atoms with E-state index in [1.807, 2.05) is 0 Å². The molecule has 0 radical (unpaired) electrons.